The van der Waals surface area contributed by atoms with E-state index in [1.165, 1.54) is 5.56 Å². The Morgan fingerprint density at radius 2 is 2.00 bits per heavy atom. The third kappa shape index (κ3) is 2.06. The maximum atomic E-state index is 8.83. The van der Waals surface area contributed by atoms with Gasteiger partial charge in [0.15, 0.2) is 0 Å². The predicted octanol–water partition coefficient (Wildman–Crippen LogP) is 1.21. The van der Waals surface area contributed by atoms with E-state index in [0.717, 1.165) is 5.19 Å². The zero-order valence-electron chi connectivity index (χ0n) is 7.12. The zero-order chi connectivity index (χ0) is 8.97. The molecule has 0 bridgehead atoms. The highest BCUT2D eigenvalue weighted by Gasteiger charge is 1.99. The number of hydrogen-bond acceptors (Lipinski definition) is 1. The van der Waals surface area contributed by atoms with Gasteiger partial charge in [0, 0.05) is 0 Å². The lowest BCUT2D eigenvalue weighted by atomic mass is 10.0. The Balaban J connectivity index is 2.84. The second-order valence-corrected chi connectivity index (χ2v) is 3.56. The molecule has 62 valence electrons. The summed E-state index contributed by atoms with van der Waals surface area (Å²) in [7, 11) is -0.105. The van der Waals surface area contributed by atoms with Gasteiger partial charge in [-0.3, -0.25) is 0 Å². The minimum atomic E-state index is -0.105. The lowest BCUT2D eigenvalue weighted by molar-refractivity contribution is 0.615. The second-order valence-electron chi connectivity index (χ2n) is 2.76. The van der Waals surface area contributed by atoms with E-state index in [0.29, 0.717) is 5.92 Å². The Kier molecular flexibility index (Phi) is 3.26. The van der Waals surface area contributed by atoms with Crippen LogP contribution in [0.25, 0.3) is 0 Å². The van der Waals surface area contributed by atoms with Crippen LogP contribution < -0.4 is 5.19 Å². The second kappa shape index (κ2) is 4.23. The quantitative estimate of drug-likeness (QED) is 0.542. The summed E-state index contributed by atoms with van der Waals surface area (Å²) >= 11 is 0. The van der Waals surface area contributed by atoms with Crippen LogP contribution in [0.1, 0.15) is 18.4 Å². The van der Waals surface area contributed by atoms with E-state index in [1.54, 1.807) is 0 Å². The van der Waals surface area contributed by atoms with Crippen molar-refractivity contribution in [3.63, 3.8) is 0 Å². The molecule has 0 fully saturated rings. The van der Waals surface area contributed by atoms with E-state index < -0.39 is 0 Å². The fourth-order valence-electron chi connectivity index (χ4n) is 0.997. The van der Waals surface area contributed by atoms with Gasteiger partial charge in [0.25, 0.3) is 9.76 Å². The molecule has 0 aliphatic carbocycles. The minimum Gasteiger partial charge on any atom is -0.428 e. The number of rotatable bonds is 3. The minimum absolute atomic E-state index is 0.105. The van der Waals surface area contributed by atoms with Gasteiger partial charge in [-0.05, 0) is 16.7 Å². The monoisotopic (exact) mass is 176 g/mol. The van der Waals surface area contributed by atoms with E-state index >= 15 is 0 Å². The van der Waals surface area contributed by atoms with E-state index in [4.69, 9.17) is 4.80 Å². The number of benzene rings is 1. The van der Waals surface area contributed by atoms with Gasteiger partial charge >= 0.3 is 0 Å². The largest absolute Gasteiger partial charge is 0.428 e. The molecule has 0 amide bonds. The van der Waals surface area contributed by atoms with Gasteiger partial charge in [-0.15, -0.1) is 6.58 Å². The maximum Gasteiger partial charge on any atom is 0.265 e. The van der Waals surface area contributed by atoms with Crippen LogP contribution in [0.3, 0.4) is 0 Å². The highest BCUT2D eigenvalue weighted by atomic mass is 28.2. The fourth-order valence-corrected chi connectivity index (χ4v) is 1.31. The molecule has 2 heteroatoms. The molecule has 1 aromatic rings. The van der Waals surface area contributed by atoms with Crippen molar-refractivity contribution in [3.8, 4) is 0 Å². The first kappa shape index (κ1) is 9.23. The standard InChI is InChI=1S/C10H12OSi/c1-3-8(2)9-4-6-10(12-11)7-5-9/h3-8,11H,1H2,2H3. The smallest absolute Gasteiger partial charge is 0.265 e. The average molecular weight is 176 g/mol. The molecule has 12 heavy (non-hydrogen) atoms. The molecule has 0 aliphatic heterocycles. The molecule has 0 aliphatic rings. The highest BCUT2D eigenvalue weighted by Crippen LogP contribution is 2.13. The van der Waals surface area contributed by atoms with Crippen LogP contribution in [-0.2, 0) is 0 Å². The summed E-state index contributed by atoms with van der Waals surface area (Å²) in [5, 5.41) is 0.981. The Bertz CT molecular complexity index is 253. The first-order chi connectivity index (χ1) is 5.77. The molecule has 0 spiro atoms. The molecule has 1 N–H and O–H groups in total. The van der Waals surface area contributed by atoms with Crippen molar-refractivity contribution in [2.24, 2.45) is 0 Å². The Morgan fingerprint density at radius 1 is 1.42 bits per heavy atom. The summed E-state index contributed by atoms with van der Waals surface area (Å²) in [6.45, 7) is 5.83. The van der Waals surface area contributed by atoms with Crippen LogP contribution in [0.2, 0.25) is 0 Å². The predicted molar refractivity (Wildman–Crippen MR) is 52.7 cm³/mol. The first-order valence-corrected chi connectivity index (χ1v) is 4.85. The molecular weight excluding hydrogens is 164 g/mol. The summed E-state index contributed by atoms with van der Waals surface area (Å²) in [6, 6.07) is 7.97. The topological polar surface area (TPSA) is 20.2 Å². The van der Waals surface area contributed by atoms with E-state index in [1.807, 2.05) is 30.3 Å². The van der Waals surface area contributed by atoms with E-state index in [2.05, 4.69) is 13.5 Å². The van der Waals surface area contributed by atoms with Gasteiger partial charge in [0.05, 0.1) is 0 Å². The van der Waals surface area contributed by atoms with Gasteiger partial charge < -0.3 is 4.80 Å². The van der Waals surface area contributed by atoms with Crippen LogP contribution in [-0.4, -0.2) is 14.6 Å². The Morgan fingerprint density at radius 3 is 2.42 bits per heavy atom. The summed E-state index contributed by atoms with van der Waals surface area (Å²) in [6.07, 6.45) is 1.91. The molecule has 2 radical (unpaired) electrons. The Labute approximate surface area is 75.7 Å². The molecule has 0 saturated carbocycles. The highest BCUT2D eigenvalue weighted by molar-refractivity contribution is 6.45. The number of hydrogen-bond donors (Lipinski definition) is 1. The lowest BCUT2D eigenvalue weighted by Crippen LogP contribution is -2.12. The molecule has 1 nitrogen and oxygen atoms in total. The summed E-state index contributed by atoms with van der Waals surface area (Å²) < 4.78 is 0. The van der Waals surface area contributed by atoms with E-state index in [9.17, 15) is 0 Å². The Hall–Kier alpha value is -0.863. The van der Waals surface area contributed by atoms with Gasteiger partial charge in [0.1, 0.15) is 0 Å². The van der Waals surface area contributed by atoms with Crippen molar-refractivity contribution in [3.05, 3.63) is 42.5 Å². The molecule has 1 unspecified atom stereocenters. The van der Waals surface area contributed by atoms with Gasteiger partial charge in [-0.2, -0.15) is 0 Å². The molecule has 1 aromatic carbocycles. The van der Waals surface area contributed by atoms with Gasteiger partial charge in [-0.25, -0.2) is 0 Å². The van der Waals surface area contributed by atoms with Crippen LogP contribution in [0.4, 0.5) is 0 Å². The van der Waals surface area contributed by atoms with Crippen molar-refractivity contribution in [2.45, 2.75) is 12.8 Å². The summed E-state index contributed by atoms with van der Waals surface area (Å²) in [4.78, 5) is 8.83. The number of allylic oxidation sites excluding steroid dienone is 1. The van der Waals surface area contributed by atoms with Crippen LogP contribution in [0.15, 0.2) is 36.9 Å². The molecule has 0 saturated heterocycles. The molecule has 0 heterocycles. The average Bonchev–Trinajstić information content (AvgIpc) is 2.17. The van der Waals surface area contributed by atoms with Crippen LogP contribution in [0, 0.1) is 0 Å². The van der Waals surface area contributed by atoms with Crippen molar-refractivity contribution < 1.29 is 4.80 Å². The van der Waals surface area contributed by atoms with Crippen LogP contribution in [0.5, 0.6) is 0 Å². The van der Waals surface area contributed by atoms with Crippen molar-refractivity contribution in [1.29, 1.82) is 0 Å². The van der Waals surface area contributed by atoms with Crippen molar-refractivity contribution in [1.82, 2.24) is 0 Å². The molecule has 0 aromatic heterocycles. The maximum absolute atomic E-state index is 8.83. The van der Waals surface area contributed by atoms with Crippen molar-refractivity contribution in [2.75, 3.05) is 0 Å². The molecular formula is C10H12OSi. The zero-order valence-corrected chi connectivity index (χ0v) is 8.12. The fraction of sp³-hybridized carbons (Fsp3) is 0.200. The normalized spacial score (nSPS) is 12.5. The third-order valence-electron chi connectivity index (χ3n) is 1.92. The van der Waals surface area contributed by atoms with Crippen LogP contribution >= 0.6 is 0 Å². The van der Waals surface area contributed by atoms with Crippen molar-refractivity contribution >= 4 is 14.9 Å². The third-order valence-corrected chi connectivity index (χ3v) is 2.51. The van der Waals surface area contributed by atoms with Gasteiger partial charge in [-0.1, -0.05) is 37.3 Å². The first-order valence-electron chi connectivity index (χ1n) is 3.90. The SMILES string of the molecule is C=CC(C)c1ccc([Si]O)cc1. The summed E-state index contributed by atoms with van der Waals surface area (Å²) in [5.74, 6) is 0.390. The lowest BCUT2D eigenvalue weighted by Gasteiger charge is -2.05. The summed E-state index contributed by atoms with van der Waals surface area (Å²) in [5.41, 5.74) is 1.24. The van der Waals surface area contributed by atoms with E-state index in [-0.39, 0.29) is 9.76 Å². The van der Waals surface area contributed by atoms with Gasteiger partial charge in [0.2, 0.25) is 0 Å². The molecule has 1 rings (SSSR count). The molecule has 1 atom stereocenters.